The Morgan fingerprint density at radius 2 is 0.676 bits per heavy atom. The first-order valence-electron chi connectivity index (χ1n) is 31.4. The molecule has 8 N–H and O–H groups in total. The summed E-state index contributed by atoms with van der Waals surface area (Å²) in [4.78, 5) is 82.4. The van der Waals surface area contributed by atoms with Gasteiger partial charge in [0.2, 0.25) is 23.8 Å². The van der Waals surface area contributed by atoms with Crippen molar-refractivity contribution in [2.75, 3.05) is 22.9 Å². The van der Waals surface area contributed by atoms with Crippen LogP contribution in [-0.2, 0) is 50.8 Å². The third-order valence-corrected chi connectivity index (χ3v) is 16.9. The molecular weight excluding hydrogens is 1460 g/mol. The number of aromatic nitrogens is 8. The van der Waals surface area contributed by atoms with Crippen LogP contribution >= 0.6 is 15.9 Å². The Morgan fingerprint density at radius 1 is 0.371 bits per heavy atom. The molecule has 0 radical (unpaired) electrons. The number of hydrogen-bond donors (Lipinski definition) is 4. The molecule has 8 aromatic heterocycles. The molecule has 12 aromatic rings. The third-order valence-electron chi connectivity index (χ3n) is 16.5. The molecule has 16 rings (SSSR count). The van der Waals surface area contributed by atoms with Crippen molar-refractivity contribution in [3.8, 4) is 45.8 Å². The number of cyclic esters (lactones) is 4. The summed E-state index contributed by atoms with van der Waals surface area (Å²) in [5.74, 6) is -2.75. The van der Waals surface area contributed by atoms with Gasteiger partial charge in [0.05, 0.1) is 5.56 Å². The smallest absolute Gasteiger partial charge is 0.416 e. The van der Waals surface area contributed by atoms with Gasteiger partial charge >= 0.3 is 30.1 Å². The SMILES string of the molecule is Cc1ccc(-c2nc(N)nc3c2C(=O)OC3Cc2ccc(F)cc2F)o1.Cc1ccc(-c2nc(N)nc3c2C(=O)OC3Cc2ccccc2C(F)(F)F)o1.Cc1ccc(-c2nc(N)nc3c2C(=O)OC3Cc2ccccc2F)o1.Nc1nc(-c2ccc(Br)o2)c2c(n1)C(Cc1ccc(F)cc1F)OC2=O. The molecule has 12 heterocycles. The molecule has 4 unspecified atom stereocenters. The average molecular weight is 1510 g/mol. The van der Waals surface area contributed by atoms with E-state index in [1.165, 1.54) is 36.4 Å². The lowest BCUT2D eigenvalue weighted by molar-refractivity contribution is -0.138. The largest absolute Gasteiger partial charge is 0.460 e. The fourth-order valence-corrected chi connectivity index (χ4v) is 12.2. The minimum Gasteiger partial charge on any atom is -0.460 e. The number of anilines is 4. The fourth-order valence-electron chi connectivity index (χ4n) is 11.9. The van der Waals surface area contributed by atoms with Gasteiger partial charge in [0, 0.05) is 37.8 Å². The molecular formula is C72H51BrF8N12O12. The summed E-state index contributed by atoms with van der Waals surface area (Å²) < 4.78 is 152. The van der Waals surface area contributed by atoms with Gasteiger partial charge in [-0.3, -0.25) is 0 Å². The highest BCUT2D eigenvalue weighted by Crippen LogP contribution is 2.44. The summed E-state index contributed by atoms with van der Waals surface area (Å²) in [6.07, 6.45) is -8.01. The van der Waals surface area contributed by atoms with Gasteiger partial charge in [-0.2, -0.15) is 13.2 Å². The zero-order valence-electron chi connectivity index (χ0n) is 54.5. The van der Waals surface area contributed by atoms with Gasteiger partial charge in [-0.05, 0) is 132 Å². The maximum Gasteiger partial charge on any atom is 0.416 e. The van der Waals surface area contributed by atoms with Gasteiger partial charge < -0.3 is 59.6 Å². The number of alkyl halides is 3. The standard InChI is InChI=1S/C19H14F3N3O3.C18H13F2N3O3.C18H14FN3O3.C17H10BrF2N3O3/c1-9-6-7-12(27-9)15-14-16(25-18(23)24-15)13(28-17(14)26)8-10-4-2-3-5-11(10)19(20,21)22;1-8-2-5-12(25-8)15-14-16(23-18(21)22-15)13(26-17(14)24)6-9-3-4-10(19)7-11(9)20;1-9-6-7-12(24-9)15-14-16(22-18(20)21-15)13(25-17(14)23)8-10-4-2-3-5-11(10)19;18-12-4-3-10(25-12)14-13-15(23-17(21)22-14)11(26-16(13)24)5-7-1-2-8(19)6-9(7)20/h2-7,13H,8H2,1H3,(H2,23,24,25);2-5,7,13H,6H2,1H3,(H2,21,22,23);2-7,13H,8H2,1H3,(H2,20,21,22);1-4,6,11H,5H2,(H2,21,22,23). The molecule has 0 fully saturated rings. The maximum absolute atomic E-state index is 14.0. The first-order chi connectivity index (χ1) is 50.1. The molecule has 0 amide bonds. The molecule has 0 saturated carbocycles. The second-order valence-electron chi connectivity index (χ2n) is 23.7. The van der Waals surface area contributed by atoms with Crippen molar-refractivity contribution in [3.05, 3.63) is 257 Å². The Hall–Kier alpha value is -12.7. The number of nitrogens with two attached hydrogens (primary N) is 4. The number of rotatable bonds is 12. The molecule has 4 aliphatic rings. The van der Waals surface area contributed by atoms with Crippen LogP contribution in [0.3, 0.4) is 0 Å². The van der Waals surface area contributed by atoms with Gasteiger partial charge in [0.25, 0.3) is 0 Å². The molecule has 4 aromatic carbocycles. The highest BCUT2D eigenvalue weighted by Gasteiger charge is 2.43. The van der Waals surface area contributed by atoms with Crippen LogP contribution in [0.25, 0.3) is 45.8 Å². The Kier molecular flexibility index (Phi) is 19.3. The number of furan rings is 4. The molecule has 33 heteroatoms. The van der Waals surface area contributed by atoms with Crippen LogP contribution in [0.4, 0.5) is 58.9 Å². The fraction of sp³-hybridized carbons (Fsp3) is 0.167. The van der Waals surface area contributed by atoms with E-state index in [4.69, 9.17) is 59.6 Å². The molecule has 534 valence electrons. The molecule has 105 heavy (non-hydrogen) atoms. The molecule has 0 bridgehead atoms. The van der Waals surface area contributed by atoms with Crippen LogP contribution < -0.4 is 22.9 Å². The summed E-state index contributed by atoms with van der Waals surface area (Å²) in [6.45, 7) is 5.27. The van der Waals surface area contributed by atoms with Crippen LogP contribution in [0.15, 0.2) is 156 Å². The van der Waals surface area contributed by atoms with Crippen LogP contribution in [0.1, 0.15) is 134 Å². The average Bonchev–Trinajstić information content (AvgIpc) is 1.64. The van der Waals surface area contributed by atoms with E-state index in [2.05, 4.69) is 55.8 Å². The molecule has 24 nitrogen and oxygen atoms in total. The zero-order valence-corrected chi connectivity index (χ0v) is 56.1. The lowest BCUT2D eigenvalue weighted by Crippen LogP contribution is -2.13. The normalized spacial score (nSPS) is 15.9. The van der Waals surface area contributed by atoms with Crippen LogP contribution in [0, 0.1) is 49.9 Å². The summed E-state index contributed by atoms with van der Waals surface area (Å²) in [6, 6.07) is 31.3. The van der Waals surface area contributed by atoms with Gasteiger partial charge in [-0.15, -0.1) is 0 Å². The van der Waals surface area contributed by atoms with E-state index >= 15 is 0 Å². The number of aryl methyl sites for hydroxylation is 3. The minimum atomic E-state index is -4.52. The van der Waals surface area contributed by atoms with E-state index < -0.39 is 83.3 Å². The summed E-state index contributed by atoms with van der Waals surface area (Å²) in [5, 5.41) is 0. The lowest BCUT2D eigenvalue weighted by atomic mass is 9.98. The molecule has 0 aliphatic carbocycles. The topological polar surface area (TPSA) is 365 Å². The van der Waals surface area contributed by atoms with E-state index in [9.17, 15) is 54.3 Å². The molecule has 4 aliphatic heterocycles. The van der Waals surface area contributed by atoms with Crippen LogP contribution in [0.5, 0.6) is 0 Å². The number of hydrogen-bond acceptors (Lipinski definition) is 24. The van der Waals surface area contributed by atoms with Crippen molar-refractivity contribution >= 4 is 63.6 Å². The number of fused-ring (bicyclic) bond motifs is 4. The van der Waals surface area contributed by atoms with E-state index in [1.54, 1.807) is 87.5 Å². The van der Waals surface area contributed by atoms with E-state index in [0.29, 0.717) is 56.2 Å². The summed E-state index contributed by atoms with van der Waals surface area (Å²) in [5.41, 5.74) is 25.5. The van der Waals surface area contributed by atoms with Gasteiger partial charge in [0.1, 0.15) is 139 Å². The monoisotopic (exact) mass is 1510 g/mol. The first-order valence-corrected chi connectivity index (χ1v) is 32.2. The predicted molar refractivity (Wildman–Crippen MR) is 356 cm³/mol. The number of benzene rings is 4. The van der Waals surface area contributed by atoms with Gasteiger partial charge in [-0.1, -0.05) is 48.5 Å². The lowest BCUT2D eigenvalue weighted by Gasteiger charge is -2.15. The summed E-state index contributed by atoms with van der Waals surface area (Å²) >= 11 is 3.18. The zero-order chi connectivity index (χ0) is 74.4. The quantitative estimate of drug-likeness (QED) is 0.0501. The number of nitrogen functional groups attached to an aromatic ring is 4. The van der Waals surface area contributed by atoms with E-state index in [1.807, 2.05) is 0 Å². The maximum atomic E-state index is 14.0. The van der Waals surface area contributed by atoms with Crippen LogP contribution in [-0.4, -0.2) is 63.7 Å². The second kappa shape index (κ2) is 28.6. The number of carbonyl (C=O) groups excluding carboxylic acids is 4. The third kappa shape index (κ3) is 14.9. The Labute approximate surface area is 594 Å². The molecule has 0 saturated heterocycles. The number of ether oxygens (including phenoxy) is 4. The van der Waals surface area contributed by atoms with Crippen molar-refractivity contribution in [2.24, 2.45) is 0 Å². The number of nitrogens with zero attached hydrogens (tertiary/aromatic N) is 8. The van der Waals surface area contributed by atoms with Crippen LogP contribution in [0.2, 0.25) is 0 Å². The Balaban J connectivity index is 0.000000124. The van der Waals surface area contributed by atoms with Gasteiger partial charge in [0.15, 0.2) is 27.7 Å². The predicted octanol–water partition coefficient (Wildman–Crippen LogP) is 14.5. The second-order valence-corrected chi connectivity index (χ2v) is 24.5. The first kappa shape index (κ1) is 70.7. The Morgan fingerprint density at radius 3 is 0.981 bits per heavy atom. The molecule has 0 spiro atoms. The van der Waals surface area contributed by atoms with Crippen molar-refractivity contribution < 1.29 is 90.9 Å². The van der Waals surface area contributed by atoms with Crippen molar-refractivity contribution in [2.45, 2.75) is 77.0 Å². The van der Waals surface area contributed by atoms with E-state index in [0.717, 1.165) is 30.3 Å². The number of carbonyl (C=O) groups is 4. The molecule has 4 atom stereocenters. The number of halogens is 9. The van der Waals surface area contributed by atoms with Gasteiger partial charge in [-0.25, -0.2) is 81.0 Å². The van der Waals surface area contributed by atoms with Crippen molar-refractivity contribution in [1.82, 2.24) is 39.9 Å². The minimum absolute atomic E-state index is 0.000336. The van der Waals surface area contributed by atoms with E-state index in [-0.39, 0.29) is 134 Å². The summed E-state index contributed by atoms with van der Waals surface area (Å²) in [7, 11) is 0. The highest BCUT2D eigenvalue weighted by atomic mass is 79.9. The number of esters is 4. The Bertz CT molecular complexity index is 5290. The highest BCUT2D eigenvalue weighted by molar-refractivity contribution is 9.10. The van der Waals surface area contributed by atoms with Crippen molar-refractivity contribution in [3.63, 3.8) is 0 Å². The van der Waals surface area contributed by atoms with Crippen molar-refractivity contribution in [1.29, 1.82) is 0 Å².